The fourth-order valence-corrected chi connectivity index (χ4v) is 2.08. The summed E-state index contributed by atoms with van der Waals surface area (Å²) in [5.41, 5.74) is -1.02. The van der Waals surface area contributed by atoms with E-state index in [1.54, 1.807) is 40.0 Å². The highest BCUT2D eigenvalue weighted by Gasteiger charge is 2.29. The zero-order valence-electron chi connectivity index (χ0n) is 12.7. The molecule has 0 aliphatic rings. The maximum Gasteiger partial charge on any atom is 0.305 e. The number of nitrogens with one attached hydrogen (secondary N) is 1. The molecule has 0 aliphatic heterocycles. The third-order valence-corrected chi connectivity index (χ3v) is 2.97. The van der Waals surface area contributed by atoms with Crippen LogP contribution in [-0.2, 0) is 0 Å². The molecule has 0 aromatic heterocycles. The van der Waals surface area contributed by atoms with Crippen molar-refractivity contribution in [2.45, 2.75) is 26.4 Å². The summed E-state index contributed by atoms with van der Waals surface area (Å²) in [5, 5.41) is 23.8. The Labute approximate surface area is 123 Å². The molecule has 0 unspecified atom stereocenters. The number of carbonyl (C=O) groups excluding carboxylic acids is 1. The molecule has 0 fully saturated rings. The van der Waals surface area contributed by atoms with Crippen molar-refractivity contribution < 1.29 is 14.8 Å². The number of hydrogen-bond acceptors (Lipinski definition) is 5. The number of benzene rings is 1. The predicted molar refractivity (Wildman–Crippen MR) is 80.5 cm³/mol. The Morgan fingerprint density at radius 1 is 1.48 bits per heavy atom. The second-order valence-corrected chi connectivity index (χ2v) is 5.34. The summed E-state index contributed by atoms with van der Waals surface area (Å²) in [7, 11) is 1.56. The minimum Gasteiger partial charge on any atom is -0.389 e. The molecule has 1 aromatic carbocycles. The Hall–Kier alpha value is -2.15. The number of likely N-dealkylation sites (N-methyl/N-ethyl adjacent to an activating group) is 1. The highest BCUT2D eigenvalue weighted by Crippen LogP contribution is 2.29. The van der Waals surface area contributed by atoms with Crippen molar-refractivity contribution >= 4 is 17.3 Å². The topological polar surface area (TPSA) is 95.7 Å². The van der Waals surface area contributed by atoms with E-state index in [-0.39, 0.29) is 23.5 Å². The Balaban J connectivity index is 3.25. The molecule has 0 aliphatic carbocycles. The van der Waals surface area contributed by atoms with Crippen LogP contribution >= 0.6 is 0 Å². The van der Waals surface area contributed by atoms with Crippen LogP contribution in [0, 0.1) is 10.1 Å². The molecule has 0 bridgehead atoms. The minimum atomic E-state index is -1.07. The van der Waals surface area contributed by atoms with E-state index < -0.39 is 16.4 Å². The largest absolute Gasteiger partial charge is 0.389 e. The van der Waals surface area contributed by atoms with Crippen LogP contribution in [0.4, 0.5) is 11.4 Å². The third kappa shape index (κ3) is 4.16. The number of nitrogens with zero attached hydrogens (tertiary/aromatic N) is 2. The number of rotatable bonds is 6. The summed E-state index contributed by atoms with van der Waals surface area (Å²) in [6, 6.07) is 4.56. The normalized spacial score (nSPS) is 11.1. The van der Waals surface area contributed by atoms with Gasteiger partial charge in [0, 0.05) is 20.1 Å². The van der Waals surface area contributed by atoms with Gasteiger partial charge in [0.15, 0.2) is 0 Å². The smallest absolute Gasteiger partial charge is 0.305 e. The molecule has 1 rings (SSSR count). The van der Waals surface area contributed by atoms with Gasteiger partial charge in [0.05, 0.1) is 10.5 Å². The monoisotopic (exact) mass is 295 g/mol. The van der Waals surface area contributed by atoms with Gasteiger partial charge in [-0.25, -0.2) is 0 Å². The van der Waals surface area contributed by atoms with E-state index >= 15 is 0 Å². The summed E-state index contributed by atoms with van der Waals surface area (Å²) in [6.45, 7) is 5.38. The Bertz CT molecular complexity index is 538. The van der Waals surface area contributed by atoms with Gasteiger partial charge in [-0.2, -0.15) is 0 Å². The van der Waals surface area contributed by atoms with Gasteiger partial charge in [0.25, 0.3) is 5.91 Å². The number of carbonyl (C=O) groups is 1. The average molecular weight is 295 g/mol. The SMILES string of the molecule is CCN(CC(C)(C)O)C(=O)c1cccc(NC)c1[N+](=O)[O-]. The van der Waals surface area contributed by atoms with Gasteiger partial charge in [-0.15, -0.1) is 0 Å². The standard InChI is InChI=1S/C14H21N3O4/c1-5-16(9-14(2,3)19)13(18)10-7-6-8-11(15-4)12(10)17(20)21/h6-8,15,19H,5,9H2,1-4H3. The van der Waals surface area contributed by atoms with Gasteiger partial charge in [-0.05, 0) is 32.9 Å². The number of nitro groups is 1. The summed E-state index contributed by atoms with van der Waals surface area (Å²) < 4.78 is 0. The molecule has 7 heteroatoms. The van der Waals surface area contributed by atoms with Gasteiger partial charge in [0.2, 0.25) is 0 Å². The highest BCUT2D eigenvalue weighted by molar-refractivity contribution is 6.00. The molecule has 0 radical (unpaired) electrons. The van der Waals surface area contributed by atoms with Crippen LogP contribution in [0.2, 0.25) is 0 Å². The molecule has 0 spiro atoms. The number of amides is 1. The van der Waals surface area contributed by atoms with E-state index in [4.69, 9.17) is 0 Å². The summed E-state index contributed by atoms with van der Waals surface area (Å²) >= 11 is 0. The first-order valence-corrected chi connectivity index (χ1v) is 6.68. The molecule has 2 N–H and O–H groups in total. The van der Waals surface area contributed by atoms with Gasteiger partial charge < -0.3 is 15.3 Å². The fraction of sp³-hybridized carbons (Fsp3) is 0.500. The number of hydrogen-bond donors (Lipinski definition) is 2. The quantitative estimate of drug-likeness (QED) is 0.617. The minimum absolute atomic E-state index is 0.0120. The average Bonchev–Trinajstić information content (AvgIpc) is 2.41. The van der Waals surface area contributed by atoms with Crippen molar-refractivity contribution in [1.29, 1.82) is 0 Å². The molecular weight excluding hydrogens is 274 g/mol. The van der Waals surface area contributed by atoms with Crippen LogP contribution in [0.1, 0.15) is 31.1 Å². The van der Waals surface area contributed by atoms with E-state index in [1.165, 1.54) is 11.0 Å². The Morgan fingerprint density at radius 2 is 2.10 bits per heavy atom. The molecule has 1 aromatic rings. The van der Waals surface area contributed by atoms with E-state index in [2.05, 4.69) is 5.32 Å². The second-order valence-electron chi connectivity index (χ2n) is 5.34. The summed E-state index contributed by atoms with van der Waals surface area (Å²) in [5.74, 6) is -0.469. The molecule has 0 atom stereocenters. The molecule has 0 saturated heterocycles. The van der Waals surface area contributed by atoms with Crippen molar-refractivity contribution in [3.8, 4) is 0 Å². The van der Waals surface area contributed by atoms with Gasteiger partial charge in [-0.3, -0.25) is 14.9 Å². The molecule has 0 saturated carbocycles. The molecule has 7 nitrogen and oxygen atoms in total. The summed E-state index contributed by atoms with van der Waals surface area (Å²) in [4.78, 5) is 24.6. The zero-order valence-corrected chi connectivity index (χ0v) is 12.7. The molecule has 21 heavy (non-hydrogen) atoms. The van der Waals surface area contributed by atoms with Crippen molar-refractivity contribution in [3.63, 3.8) is 0 Å². The second kappa shape index (κ2) is 6.53. The Morgan fingerprint density at radius 3 is 2.52 bits per heavy atom. The highest BCUT2D eigenvalue weighted by atomic mass is 16.6. The van der Waals surface area contributed by atoms with Crippen LogP contribution in [-0.4, -0.2) is 46.6 Å². The van der Waals surface area contributed by atoms with Crippen LogP contribution in [0.15, 0.2) is 18.2 Å². The first-order chi connectivity index (χ1) is 9.71. The molecular formula is C14H21N3O4. The van der Waals surface area contributed by atoms with Crippen molar-refractivity contribution in [3.05, 3.63) is 33.9 Å². The lowest BCUT2D eigenvalue weighted by Gasteiger charge is -2.28. The predicted octanol–water partition coefficient (Wildman–Crippen LogP) is 1.87. The Kier molecular flexibility index (Phi) is 5.26. The van der Waals surface area contributed by atoms with Gasteiger partial charge >= 0.3 is 5.69 Å². The van der Waals surface area contributed by atoms with Crippen molar-refractivity contribution in [2.24, 2.45) is 0 Å². The number of anilines is 1. The van der Waals surface area contributed by atoms with Crippen LogP contribution < -0.4 is 5.32 Å². The molecule has 116 valence electrons. The van der Waals surface area contributed by atoms with E-state index in [1.807, 2.05) is 0 Å². The third-order valence-electron chi connectivity index (χ3n) is 2.97. The molecule has 0 heterocycles. The van der Waals surface area contributed by atoms with Crippen LogP contribution in [0.25, 0.3) is 0 Å². The first-order valence-electron chi connectivity index (χ1n) is 6.68. The van der Waals surface area contributed by atoms with E-state index in [9.17, 15) is 20.0 Å². The maximum atomic E-state index is 12.5. The fourth-order valence-electron chi connectivity index (χ4n) is 2.08. The molecule has 1 amide bonds. The number of para-hydroxylation sites is 1. The van der Waals surface area contributed by atoms with Crippen LogP contribution in [0.5, 0.6) is 0 Å². The van der Waals surface area contributed by atoms with Gasteiger partial charge in [0.1, 0.15) is 11.3 Å². The lowest BCUT2D eigenvalue weighted by atomic mass is 10.1. The van der Waals surface area contributed by atoms with E-state index in [0.717, 1.165) is 0 Å². The van der Waals surface area contributed by atoms with Crippen LogP contribution in [0.3, 0.4) is 0 Å². The lowest BCUT2D eigenvalue weighted by molar-refractivity contribution is -0.384. The maximum absolute atomic E-state index is 12.5. The lowest BCUT2D eigenvalue weighted by Crippen LogP contribution is -2.42. The van der Waals surface area contributed by atoms with Crippen molar-refractivity contribution in [1.82, 2.24) is 4.90 Å². The van der Waals surface area contributed by atoms with Crippen molar-refractivity contribution in [2.75, 3.05) is 25.5 Å². The van der Waals surface area contributed by atoms with Gasteiger partial charge in [-0.1, -0.05) is 6.07 Å². The number of nitro benzene ring substituents is 1. The number of aliphatic hydroxyl groups is 1. The van der Waals surface area contributed by atoms with E-state index in [0.29, 0.717) is 6.54 Å². The first kappa shape index (κ1) is 16.9. The summed E-state index contributed by atoms with van der Waals surface area (Å²) in [6.07, 6.45) is 0. The zero-order chi connectivity index (χ0) is 16.2.